The van der Waals surface area contributed by atoms with E-state index in [9.17, 15) is 9.59 Å². The highest BCUT2D eigenvalue weighted by Crippen LogP contribution is 2.43. The molecule has 0 N–H and O–H groups in total. The number of allylic oxidation sites excluding steroid dienone is 2. The van der Waals surface area contributed by atoms with Gasteiger partial charge < -0.3 is 27.8 Å². The summed E-state index contributed by atoms with van der Waals surface area (Å²) in [5, 5.41) is 2.22. The third-order valence-electron chi connectivity index (χ3n) is 11.2. The lowest BCUT2D eigenvalue weighted by Crippen LogP contribution is -2.37. The van der Waals surface area contributed by atoms with Gasteiger partial charge in [-0.05, 0) is 36.1 Å². The minimum atomic E-state index is -0.410. The first-order chi connectivity index (χ1) is 29.9. The lowest BCUT2D eigenvalue weighted by atomic mass is 9.94. The molecule has 2 aliphatic heterocycles. The summed E-state index contributed by atoms with van der Waals surface area (Å²) in [5.74, 6) is 0.827. The fourth-order valence-corrected chi connectivity index (χ4v) is 8.83. The number of benzene rings is 4. The molecule has 4 heterocycles. The largest absolute Gasteiger partial charge is 0.491 e. The molecule has 2 fully saturated rings. The predicted octanol–water partition coefficient (Wildman–Crippen LogP) is 9.93. The van der Waals surface area contributed by atoms with Crippen molar-refractivity contribution in [3.8, 4) is 33.8 Å². The van der Waals surface area contributed by atoms with Crippen molar-refractivity contribution in [1.82, 2.24) is 9.80 Å². The number of hydrogen-bond donors (Lipinski definition) is 0. The van der Waals surface area contributed by atoms with Crippen molar-refractivity contribution in [2.24, 2.45) is 0 Å². The van der Waals surface area contributed by atoms with Gasteiger partial charge in [-0.15, -0.1) is 25.6 Å². The van der Waals surface area contributed by atoms with Crippen LogP contribution in [0.3, 0.4) is 0 Å². The Morgan fingerprint density at radius 2 is 0.984 bits per heavy atom. The van der Waals surface area contributed by atoms with E-state index in [1.54, 1.807) is 12.2 Å². The first-order valence-electron chi connectivity index (χ1n) is 20.7. The van der Waals surface area contributed by atoms with Crippen molar-refractivity contribution >= 4 is 57.5 Å². The number of halogens is 3. The van der Waals surface area contributed by atoms with Crippen LogP contribution >= 0.6 is 35.6 Å². The zero-order valence-electron chi connectivity index (χ0n) is 34.4. The molecule has 0 unspecified atom stereocenters. The standard InChI is InChI=1S/C49H48Cl2N2O8.ClH/c1-3-12-34-44-36(42(32-14-7-5-8-15-32)38(48(54)60-44)30-52-18-24-56-25-19-52)28-40(50)46(34)58-22-11-23-59-47-35(13-4-2)45-37(29-41(47)51)43(33-16-9-6-10-17-33)39(49(55)61-45)31-53-20-26-57-27-21-53;/h3-10,14-17,28-29H,1-2,11-13,18-27,30-31H2;1H. The van der Waals surface area contributed by atoms with Gasteiger partial charge in [0.05, 0.1) is 60.8 Å². The monoisotopic (exact) mass is 898 g/mol. The maximum absolute atomic E-state index is 13.9. The number of hydrogen-bond acceptors (Lipinski definition) is 10. The molecule has 62 heavy (non-hydrogen) atoms. The molecule has 0 saturated carbocycles. The molecule has 0 amide bonds. The second-order valence-corrected chi connectivity index (χ2v) is 15.9. The Morgan fingerprint density at radius 1 is 0.597 bits per heavy atom. The molecule has 13 heteroatoms. The van der Waals surface area contributed by atoms with Crippen LogP contribution in [-0.4, -0.2) is 75.6 Å². The number of rotatable bonds is 16. The van der Waals surface area contributed by atoms with Crippen molar-refractivity contribution in [3.05, 3.63) is 151 Å². The Bertz CT molecular complexity index is 2470. The lowest BCUT2D eigenvalue weighted by molar-refractivity contribution is 0.0338. The van der Waals surface area contributed by atoms with Crippen molar-refractivity contribution in [3.63, 3.8) is 0 Å². The number of morpholine rings is 2. The van der Waals surface area contributed by atoms with Crippen LogP contribution in [0.25, 0.3) is 44.2 Å². The maximum atomic E-state index is 13.9. The molecule has 6 aromatic rings. The van der Waals surface area contributed by atoms with Crippen molar-refractivity contribution in [1.29, 1.82) is 0 Å². The molecule has 0 spiro atoms. The average Bonchev–Trinajstić information content (AvgIpc) is 3.28. The van der Waals surface area contributed by atoms with Crippen LogP contribution in [-0.2, 0) is 35.4 Å². The van der Waals surface area contributed by atoms with E-state index in [0.29, 0.717) is 114 Å². The Labute approximate surface area is 376 Å². The summed E-state index contributed by atoms with van der Waals surface area (Å²) < 4.78 is 36.2. The highest BCUT2D eigenvalue weighted by Gasteiger charge is 2.27. The fraction of sp³-hybridized carbons (Fsp3) is 0.306. The summed E-state index contributed by atoms with van der Waals surface area (Å²) in [6.07, 6.45) is 4.62. The van der Waals surface area contributed by atoms with Gasteiger partial charge in [-0.25, -0.2) is 9.59 Å². The summed E-state index contributed by atoms with van der Waals surface area (Å²) in [6.45, 7) is 14.5. The number of fused-ring (bicyclic) bond motifs is 2. The van der Waals surface area contributed by atoms with Gasteiger partial charge in [-0.2, -0.15) is 0 Å². The Hall–Kier alpha value is -4.91. The number of ether oxygens (including phenoxy) is 4. The quantitative estimate of drug-likeness (QED) is 0.0530. The third-order valence-corrected chi connectivity index (χ3v) is 11.7. The van der Waals surface area contributed by atoms with Crippen LogP contribution in [0.1, 0.15) is 28.7 Å². The SMILES string of the molecule is C=CCc1c(OCCCOc2c(Cl)cc3c(-c4ccccc4)c(CN4CCOCC4)c(=O)oc3c2CC=C)c(Cl)cc2c(-c3ccccc3)c(CN3CCOCC3)c(=O)oc12.Cl. The molecule has 0 bridgehead atoms. The normalized spacial score (nSPS) is 14.7. The molecule has 8 rings (SSSR count). The molecule has 0 aliphatic carbocycles. The van der Waals surface area contributed by atoms with E-state index in [2.05, 4.69) is 23.0 Å². The fourth-order valence-electron chi connectivity index (χ4n) is 8.28. The zero-order chi connectivity index (χ0) is 42.3. The highest BCUT2D eigenvalue weighted by molar-refractivity contribution is 6.33. The van der Waals surface area contributed by atoms with E-state index in [4.69, 9.17) is 51.0 Å². The van der Waals surface area contributed by atoms with Crippen LogP contribution in [0.2, 0.25) is 10.0 Å². The van der Waals surface area contributed by atoms with Crippen LogP contribution in [0.5, 0.6) is 11.5 Å². The van der Waals surface area contributed by atoms with Gasteiger partial charge in [0.2, 0.25) is 0 Å². The van der Waals surface area contributed by atoms with E-state index >= 15 is 0 Å². The first kappa shape index (κ1) is 45.1. The van der Waals surface area contributed by atoms with Gasteiger partial charge in [0.25, 0.3) is 0 Å². The Morgan fingerprint density at radius 3 is 1.35 bits per heavy atom. The molecule has 10 nitrogen and oxygen atoms in total. The third kappa shape index (κ3) is 9.67. The minimum absolute atomic E-state index is 0. The molecule has 0 radical (unpaired) electrons. The minimum Gasteiger partial charge on any atom is -0.491 e. The average molecular weight is 900 g/mol. The van der Waals surface area contributed by atoms with Gasteiger partial charge in [0, 0.05) is 78.7 Å². The smallest absolute Gasteiger partial charge is 0.341 e. The van der Waals surface area contributed by atoms with Gasteiger partial charge >= 0.3 is 11.3 Å². The summed E-state index contributed by atoms with van der Waals surface area (Å²) in [6, 6.07) is 23.3. The van der Waals surface area contributed by atoms with Crippen LogP contribution < -0.4 is 20.7 Å². The summed E-state index contributed by atoms with van der Waals surface area (Å²) in [7, 11) is 0. The molecule has 2 saturated heterocycles. The van der Waals surface area contributed by atoms with Crippen LogP contribution in [0.4, 0.5) is 0 Å². The first-order valence-corrected chi connectivity index (χ1v) is 21.4. The van der Waals surface area contributed by atoms with E-state index in [1.807, 2.05) is 72.8 Å². The van der Waals surface area contributed by atoms with Gasteiger partial charge in [0.15, 0.2) is 0 Å². The summed E-state index contributed by atoms with van der Waals surface area (Å²) in [5.41, 5.74) is 5.75. The molecule has 2 aliphatic rings. The van der Waals surface area contributed by atoms with Gasteiger partial charge in [0.1, 0.15) is 22.7 Å². The number of nitrogens with zero attached hydrogens (tertiary/aromatic N) is 2. The molecule has 0 atom stereocenters. The van der Waals surface area contributed by atoms with E-state index in [0.717, 1.165) is 59.2 Å². The van der Waals surface area contributed by atoms with Crippen molar-refractivity contribution in [2.75, 3.05) is 65.8 Å². The summed E-state index contributed by atoms with van der Waals surface area (Å²) >= 11 is 14.1. The van der Waals surface area contributed by atoms with Gasteiger partial charge in [-0.1, -0.05) is 96.0 Å². The molecule has 324 valence electrons. The molecule has 4 aromatic carbocycles. The van der Waals surface area contributed by atoms with E-state index in [-0.39, 0.29) is 25.6 Å². The van der Waals surface area contributed by atoms with E-state index in [1.165, 1.54) is 0 Å². The van der Waals surface area contributed by atoms with E-state index < -0.39 is 11.3 Å². The highest BCUT2D eigenvalue weighted by atomic mass is 35.5. The van der Waals surface area contributed by atoms with Gasteiger partial charge in [-0.3, -0.25) is 9.80 Å². The second-order valence-electron chi connectivity index (χ2n) is 15.1. The lowest BCUT2D eigenvalue weighted by Gasteiger charge is -2.27. The topological polar surface area (TPSA) is 104 Å². The van der Waals surface area contributed by atoms with Crippen LogP contribution in [0, 0.1) is 0 Å². The van der Waals surface area contributed by atoms with Crippen molar-refractivity contribution in [2.45, 2.75) is 32.4 Å². The maximum Gasteiger partial charge on any atom is 0.341 e. The zero-order valence-corrected chi connectivity index (χ0v) is 36.8. The Balaban J connectivity index is 0.00000578. The van der Waals surface area contributed by atoms with Crippen LogP contribution in [0.15, 0.2) is 117 Å². The molecular formula is C49H49Cl3N2O8. The molecule has 2 aromatic heterocycles. The second kappa shape index (κ2) is 21.0. The predicted molar refractivity (Wildman–Crippen MR) is 249 cm³/mol. The van der Waals surface area contributed by atoms with Crippen molar-refractivity contribution < 1.29 is 27.8 Å². The summed E-state index contributed by atoms with van der Waals surface area (Å²) in [4.78, 5) is 32.2. The molecular weight excluding hydrogens is 851 g/mol. The Kier molecular flexibility index (Phi) is 15.3.